The van der Waals surface area contributed by atoms with Crippen LogP contribution in [-0.4, -0.2) is 49.8 Å². The van der Waals surface area contributed by atoms with E-state index in [0.717, 1.165) is 20.3 Å². The molecule has 3 heterocycles. The topological polar surface area (TPSA) is 54.9 Å². The van der Waals surface area contributed by atoms with E-state index in [4.69, 9.17) is 26.1 Å². The Morgan fingerprint density at radius 1 is 1.10 bits per heavy atom. The SMILES string of the molecule is CN(C)CCN(C(=O)c1sc2ccccc2c1Cl)c1nc2cc3c(cc2s1)OCO3.Cl. The van der Waals surface area contributed by atoms with Gasteiger partial charge in [0.1, 0.15) is 4.88 Å². The van der Waals surface area contributed by atoms with Crippen LogP contribution < -0.4 is 14.4 Å². The Balaban J connectivity index is 0.00000231. The third-order valence-corrected chi connectivity index (χ3v) is 7.55. The fraction of sp³-hybridized carbons (Fsp3) is 0.238. The van der Waals surface area contributed by atoms with E-state index in [-0.39, 0.29) is 25.1 Å². The lowest BCUT2D eigenvalue weighted by Gasteiger charge is -2.21. The number of thiazole rings is 1. The summed E-state index contributed by atoms with van der Waals surface area (Å²) in [5.74, 6) is 1.25. The number of ether oxygens (including phenoxy) is 2. The van der Waals surface area contributed by atoms with Crippen LogP contribution in [0.25, 0.3) is 20.3 Å². The molecule has 0 spiro atoms. The monoisotopic (exact) mass is 495 g/mol. The highest BCUT2D eigenvalue weighted by atomic mass is 35.5. The van der Waals surface area contributed by atoms with E-state index in [0.29, 0.717) is 39.6 Å². The van der Waals surface area contributed by atoms with Gasteiger partial charge in [-0.15, -0.1) is 23.7 Å². The van der Waals surface area contributed by atoms with Crippen molar-refractivity contribution in [2.45, 2.75) is 0 Å². The van der Waals surface area contributed by atoms with E-state index in [2.05, 4.69) is 0 Å². The Hall–Kier alpha value is -2.10. The molecule has 0 bridgehead atoms. The molecule has 6 nitrogen and oxygen atoms in total. The van der Waals surface area contributed by atoms with Crippen LogP contribution in [0.1, 0.15) is 9.67 Å². The van der Waals surface area contributed by atoms with Crippen molar-refractivity contribution in [1.29, 1.82) is 0 Å². The summed E-state index contributed by atoms with van der Waals surface area (Å²) in [7, 11) is 3.96. The standard InChI is InChI=1S/C21H18ClN3O3S2.ClH/c1-24(2)7-8-25(20(26)19-18(22)12-5-3-4-6-16(12)29-19)21-23-13-9-14-15(28-11-27-14)10-17(13)30-21;/h3-6,9-10H,7-8,11H2,1-2H3;1H. The summed E-state index contributed by atoms with van der Waals surface area (Å²) in [4.78, 5) is 22.6. The van der Waals surface area contributed by atoms with Crippen molar-refractivity contribution in [1.82, 2.24) is 9.88 Å². The zero-order chi connectivity index (χ0) is 20.8. The zero-order valence-corrected chi connectivity index (χ0v) is 20.0. The summed E-state index contributed by atoms with van der Waals surface area (Å²) in [6.45, 7) is 1.42. The summed E-state index contributed by atoms with van der Waals surface area (Å²) in [5.41, 5.74) is 0.782. The molecule has 0 saturated carbocycles. The molecule has 0 fully saturated rings. The Kier molecular flexibility index (Phi) is 6.27. The van der Waals surface area contributed by atoms with Crippen LogP contribution in [-0.2, 0) is 0 Å². The largest absolute Gasteiger partial charge is 0.454 e. The van der Waals surface area contributed by atoms with Crippen LogP contribution in [0.2, 0.25) is 5.02 Å². The average Bonchev–Trinajstić information content (AvgIpc) is 3.43. The third-order valence-electron chi connectivity index (χ3n) is 4.85. The Labute approximate surface area is 198 Å². The number of likely N-dealkylation sites (N-methyl/N-ethyl adjacent to an activating group) is 1. The lowest BCUT2D eigenvalue weighted by atomic mass is 10.2. The molecule has 0 atom stereocenters. The van der Waals surface area contributed by atoms with Crippen LogP contribution in [0, 0.1) is 0 Å². The second-order valence-corrected chi connectivity index (χ2v) is 9.61. The molecule has 162 valence electrons. The van der Waals surface area contributed by atoms with Crippen LogP contribution in [0.15, 0.2) is 36.4 Å². The number of halogens is 2. The van der Waals surface area contributed by atoms with Gasteiger partial charge in [-0.2, -0.15) is 0 Å². The van der Waals surface area contributed by atoms with E-state index < -0.39 is 0 Å². The maximum atomic E-state index is 13.6. The predicted octanol–water partition coefficient (Wildman–Crippen LogP) is 5.52. The number of carbonyl (C=O) groups excluding carboxylic acids is 1. The second-order valence-electron chi connectivity index (χ2n) is 7.17. The van der Waals surface area contributed by atoms with Gasteiger partial charge in [-0.25, -0.2) is 4.98 Å². The van der Waals surface area contributed by atoms with E-state index in [1.807, 2.05) is 55.4 Å². The van der Waals surface area contributed by atoms with Gasteiger partial charge < -0.3 is 14.4 Å². The molecule has 1 amide bonds. The van der Waals surface area contributed by atoms with E-state index >= 15 is 0 Å². The first-order valence-electron chi connectivity index (χ1n) is 9.35. The lowest BCUT2D eigenvalue weighted by Crippen LogP contribution is -2.36. The number of hydrogen-bond acceptors (Lipinski definition) is 7. The summed E-state index contributed by atoms with van der Waals surface area (Å²) in [5, 5.41) is 2.03. The highest BCUT2D eigenvalue weighted by Crippen LogP contribution is 2.41. The highest BCUT2D eigenvalue weighted by Gasteiger charge is 2.27. The summed E-state index contributed by atoms with van der Waals surface area (Å²) < 4.78 is 12.9. The normalized spacial score (nSPS) is 12.5. The van der Waals surface area contributed by atoms with Crippen molar-refractivity contribution in [3.63, 3.8) is 0 Å². The van der Waals surface area contributed by atoms with Crippen molar-refractivity contribution < 1.29 is 14.3 Å². The van der Waals surface area contributed by atoms with Crippen LogP contribution >= 0.6 is 46.7 Å². The van der Waals surface area contributed by atoms with E-state index in [1.165, 1.54) is 22.7 Å². The minimum atomic E-state index is -0.137. The number of thiophene rings is 1. The summed E-state index contributed by atoms with van der Waals surface area (Å²) in [6.07, 6.45) is 0. The second kappa shape index (κ2) is 8.80. The van der Waals surface area contributed by atoms with Gasteiger partial charge in [0.05, 0.1) is 15.2 Å². The minimum Gasteiger partial charge on any atom is -0.454 e. The Morgan fingerprint density at radius 2 is 1.84 bits per heavy atom. The van der Waals surface area contributed by atoms with Gasteiger partial charge >= 0.3 is 0 Å². The molecule has 31 heavy (non-hydrogen) atoms. The number of fused-ring (bicyclic) bond motifs is 3. The number of carbonyl (C=O) groups is 1. The minimum absolute atomic E-state index is 0. The third kappa shape index (κ3) is 4.06. The molecule has 2 aromatic heterocycles. The Bertz CT molecular complexity index is 1230. The first kappa shape index (κ1) is 22.1. The average molecular weight is 496 g/mol. The fourth-order valence-corrected chi connectivity index (χ4v) is 5.74. The van der Waals surface area contributed by atoms with Gasteiger partial charge in [0.25, 0.3) is 5.91 Å². The van der Waals surface area contributed by atoms with Crippen LogP contribution in [0.5, 0.6) is 11.5 Å². The number of nitrogens with zero attached hydrogens (tertiary/aromatic N) is 3. The molecule has 1 aliphatic heterocycles. The van der Waals surface area contributed by atoms with E-state index in [9.17, 15) is 4.79 Å². The molecule has 0 unspecified atom stereocenters. The van der Waals surface area contributed by atoms with Gasteiger partial charge in [-0.05, 0) is 20.2 Å². The molecule has 4 aromatic rings. The van der Waals surface area contributed by atoms with Crippen molar-refractivity contribution >= 4 is 78.0 Å². The number of anilines is 1. The highest BCUT2D eigenvalue weighted by molar-refractivity contribution is 7.23. The number of rotatable bonds is 5. The molecule has 0 aliphatic carbocycles. The molecule has 0 saturated heterocycles. The number of aromatic nitrogens is 1. The fourth-order valence-electron chi connectivity index (χ4n) is 3.28. The number of hydrogen-bond donors (Lipinski definition) is 0. The zero-order valence-electron chi connectivity index (χ0n) is 16.8. The van der Waals surface area contributed by atoms with E-state index in [1.54, 1.807) is 4.90 Å². The molecular formula is C21H19Cl2N3O3S2. The molecule has 0 N–H and O–H groups in total. The smallest absolute Gasteiger partial charge is 0.271 e. The van der Waals surface area contributed by atoms with Gasteiger partial charge in [-0.1, -0.05) is 41.1 Å². The van der Waals surface area contributed by atoms with Crippen molar-refractivity contribution in [3.8, 4) is 11.5 Å². The van der Waals surface area contributed by atoms with Crippen molar-refractivity contribution in [2.75, 3.05) is 38.9 Å². The maximum Gasteiger partial charge on any atom is 0.271 e. The van der Waals surface area contributed by atoms with Crippen LogP contribution in [0.3, 0.4) is 0 Å². The summed E-state index contributed by atoms with van der Waals surface area (Å²) in [6, 6.07) is 11.6. The maximum absolute atomic E-state index is 13.6. The molecule has 5 rings (SSSR count). The first-order valence-corrected chi connectivity index (χ1v) is 11.4. The van der Waals surface area contributed by atoms with Gasteiger partial charge in [0.2, 0.25) is 6.79 Å². The predicted molar refractivity (Wildman–Crippen MR) is 130 cm³/mol. The number of benzene rings is 2. The van der Waals surface area contributed by atoms with Gasteiger partial charge in [0, 0.05) is 35.3 Å². The molecule has 2 aromatic carbocycles. The lowest BCUT2D eigenvalue weighted by molar-refractivity contribution is 0.0989. The van der Waals surface area contributed by atoms with Crippen molar-refractivity contribution in [2.24, 2.45) is 0 Å². The molecule has 0 radical (unpaired) electrons. The molecular weight excluding hydrogens is 477 g/mol. The number of amides is 1. The van der Waals surface area contributed by atoms with Gasteiger partial charge in [-0.3, -0.25) is 9.69 Å². The van der Waals surface area contributed by atoms with Crippen molar-refractivity contribution in [3.05, 3.63) is 46.3 Å². The van der Waals surface area contributed by atoms with Crippen LogP contribution in [0.4, 0.5) is 5.13 Å². The Morgan fingerprint density at radius 3 is 2.58 bits per heavy atom. The quantitative estimate of drug-likeness (QED) is 0.364. The molecule has 1 aliphatic rings. The van der Waals surface area contributed by atoms with Gasteiger partial charge in [0.15, 0.2) is 16.6 Å². The summed E-state index contributed by atoms with van der Waals surface area (Å²) >= 11 is 9.47. The first-order chi connectivity index (χ1) is 14.5. The molecule has 10 heteroatoms.